The molecule has 2 N–H and O–H groups in total. The Morgan fingerprint density at radius 2 is 1.82 bits per heavy atom. The van der Waals surface area contributed by atoms with Crippen LogP contribution in [0.15, 0.2) is 36.4 Å². The minimum absolute atomic E-state index is 0.0247. The maximum atomic E-state index is 12.2. The second kappa shape index (κ2) is 10.7. The molecule has 9 nitrogen and oxygen atoms in total. The number of aromatic hydroxyl groups is 2. The van der Waals surface area contributed by atoms with Crippen LogP contribution in [0.5, 0.6) is 11.5 Å². The minimum atomic E-state index is -0.423. The topological polar surface area (TPSA) is 110 Å². The first-order valence-electron chi connectivity index (χ1n) is 11.5. The summed E-state index contributed by atoms with van der Waals surface area (Å²) in [6.07, 6.45) is 0.585. The van der Waals surface area contributed by atoms with Gasteiger partial charge in [0.2, 0.25) is 0 Å². The van der Waals surface area contributed by atoms with Crippen molar-refractivity contribution in [3.05, 3.63) is 47.5 Å². The van der Waals surface area contributed by atoms with E-state index >= 15 is 0 Å². The summed E-state index contributed by atoms with van der Waals surface area (Å²) in [4.78, 5) is 14.6. The van der Waals surface area contributed by atoms with Gasteiger partial charge >= 0.3 is 5.97 Å². The largest absolute Gasteiger partial charge is 0.508 e. The number of hydrogen-bond donors (Lipinski definition) is 2. The van der Waals surface area contributed by atoms with E-state index in [9.17, 15) is 15.0 Å². The fourth-order valence-electron chi connectivity index (χ4n) is 4.10. The van der Waals surface area contributed by atoms with Gasteiger partial charge in [0.15, 0.2) is 0 Å². The van der Waals surface area contributed by atoms with Crippen molar-refractivity contribution in [2.45, 2.75) is 33.4 Å². The monoisotopic (exact) mass is 466 g/mol. The third-order valence-electron chi connectivity index (χ3n) is 5.89. The summed E-state index contributed by atoms with van der Waals surface area (Å²) in [5.41, 5.74) is 4.11. The zero-order chi connectivity index (χ0) is 24.1. The second-order valence-electron chi connectivity index (χ2n) is 8.19. The molecule has 0 spiro atoms. The van der Waals surface area contributed by atoms with E-state index in [1.54, 1.807) is 13.0 Å². The molecule has 0 bridgehead atoms. The first kappa shape index (κ1) is 23.7. The Labute approximate surface area is 198 Å². The first-order valence-corrected chi connectivity index (χ1v) is 11.5. The van der Waals surface area contributed by atoms with E-state index in [0.717, 1.165) is 44.0 Å². The van der Waals surface area contributed by atoms with Gasteiger partial charge in [0.25, 0.3) is 0 Å². The van der Waals surface area contributed by atoms with Gasteiger partial charge in [-0.3, -0.25) is 9.69 Å². The van der Waals surface area contributed by atoms with E-state index in [-0.39, 0.29) is 24.7 Å². The van der Waals surface area contributed by atoms with Crippen LogP contribution in [-0.2, 0) is 33.8 Å². The number of aromatic nitrogens is 3. The van der Waals surface area contributed by atoms with Gasteiger partial charge < -0.3 is 19.7 Å². The summed E-state index contributed by atoms with van der Waals surface area (Å²) >= 11 is 0. The highest BCUT2D eigenvalue weighted by Gasteiger charge is 2.22. The molecule has 0 radical (unpaired) electrons. The van der Waals surface area contributed by atoms with Crippen LogP contribution in [0.2, 0.25) is 0 Å². The standard InChI is InChI=1S/C25H30N4O5/c1-3-18-13-20(22(31)14-21(18)30)24-25(29(27-26-24)16-23(32)34-4-2)19-7-5-17(6-8-19)15-28-9-11-33-12-10-28/h5-8,13-14,30-31H,3-4,9-12,15-16H2,1-2H3. The molecule has 3 aromatic rings. The zero-order valence-electron chi connectivity index (χ0n) is 19.5. The minimum Gasteiger partial charge on any atom is -0.508 e. The molecule has 180 valence electrons. The van der Waals surface area contributed by atoms with Crippen molar-refractivity contribution in [1.29, 1.82) is 0 Å². The SMILES string of the molecule is CCOC(=O)Cn1nnc(-c2cc(CC)c(O)cc2O)c1-c1ccc(CN2CCOCC2)cc1. The van der Waals surface area contributed by atoms with Crippen LogP contribution >= 0.6 is 0 Å². The van der Waals surface area contributed by atoms with Crippen LogP contribution in [0.3, 0.4) is 0 Å². The second-order valence-corrected chi connectivity index (χ2v) is 8.19. The number of phenols is 2. The lowest BCUT2D eigenvalue weighted by molar-refractivity contribution is -0.144. The molecule has 9 heteroatoms. The van der Waals surface area contributed by atoms with Gasteiger partial charge in [-0.05, 0) is 30.5 Å². The molecule has 34 heavy (non-hydrogen) atoms. The smallest absolute Gasteiger partial charge is 0.327 e. The van der Waals surface area contributed by atoms with Crippen LogP contribution in [0.1, 0.15) is 25.0 Å². The molecule has 0 unspecified atom stereocenters. The average molecular weight is 467 g/mol. The number of carbonyl (C=O) groups is 1. The maximum Gasteiger partial charge on any atom is 0.327 e. The molecule has 1 aliphatic heterocycles. The molecule has 0 saturated carbocycles. The number of rotatable bonds is 8. The van der Waals surface area contributed by atoms with E-state index in [2.05, 4.69) is 15.2 Å². The van der Waals surface area contributed by atoms with Crippen molar-refractivity contribution in [1.82, 2.24) is 19.9 Å². The highest BCUT2D eigenvalue weighted by molar-refractivity contribution is 5.83. The number of hydrogen-bond acceptors (Lipinski definition) is 8. The quantitative estimate of drug-likeness (QED) is 0.488. The fourth-order valence-corrected chi connectivity index (χ4v) is 4.10. The molecular formula is C25H30N4O5. The summed E-state index contributed by atoms with van der Waals surface area (Å²) in [5.74, 6) is -0.506. The molecule has 2 heterocycles. The lowest BCUT2D eigenvalue weighted by Gasteiger charge is -2.26. The number of aryl methyl sites for hydroxylation is 1. The lowest BCUT2D eigenvalue weighted by Crippen LogP contribution is -2.35. The molecule has 0 atom stereocenters. The van der Waals surface area contributed by atoms with Gasteiger partial charge in [0.05, 0.1) is 25.5 Å². The maximum absolute atomic E-state index is 12.2. The van der Waals surface area contributed by atoms with Crippen LogP contribution in [-0.4, -0.2) is 69.0 Å². The third kappa shape index (κ3) is 5.21. The molecule has 1 aliphatic rings. The molecule has 0 aliphatic carbocycles. The Kier molecular flexibility index (Phi) is 7.44. The van der Waals surface area contributed by atoms with Gasteiger partial charge in [-0.2, -0.15) is 0 Å². The summed E-state index contributed by atoms with van der Waals surface area (Å²) in [5, 5.41) is 29.2. The van der Waals surface area contributed by atoms with E-state index in [4.69, 9.17) is 9.47 Å². The molecule has 4 rings (SSSR count). The number of nitrogens with zero attached hydrogens (tertiary/aromatic N) is 4. The van der Waals surface area contributed by atoms with Crippen molar-refractivity contribution in [2.24, 2.45) is 0 Å². The van der Waals surface area contributed by atoms with E-state index in [1.807, 2.05) is 31.2 Å². The predicted octanol–water partition coefficient (Wildman–Crippen LogP) is 2.98. The van der Waals surface area contributed by atoms with Crippen molar-refractivity contribution >= 4 is 5.97 Å². The van der Waals surface area contributed by atoms with Crippen LogP contribution < -0.4 is 0 Å². The Hall–Kier alpha value is -3.43. The number of benzene rings is 2. The zero-order valence-corrected chi connectivity index (χ0v) is 19.5. The summed E-state index contributed by atoms with van der Waals surface area (Å²) < 4.78 is 12.0. The molecule has 1 saturated heterocycles. The summed E-state index contributed by atoms with van der Waals surface area (Å²) in [6, 6.07) is 11.1. The molecular weight excluding hydrogens is 436 g/mol. The highest BCUT2D eigenvalue weighted by Crippen LogP contribution is 2.39. The summed E-state index contributed by atoms with van der Waals surface area (Å²) in [6.45, 7) is 7.96. The van der Waals surface area contributed by atoms with Crippen LogP contribution in [0, 0.1) is 0 Å². The lowest BCUT2D eigenvalue weighted by atomic mass is 9.99. The number of carbonyl (C=O) groups excluding carboxylic acids is 1. The number of phenolic OH excluding ortho intramolecular Hbond substituents is 2. The van der Waals surface area contributed by atoms with Gasteiger partial charge in [-0.15, -0.1) is 5.10 Å². The Morgan fingerprint density at radius 1 is 1.09 bits per heavy atom. The Bertz CT molecular complexity index is 1140. The van der Waals surface area contributed by atoms with E-state index < -0.39 is 5.97 Å². The van der Waals surface area contributed by atoms with Gasteiger partial charge in [0.1, 0.15) is 23.7 Å². The Balaban J connectivity index is 1.72. The van der Waals surface area contributed by atoms with E-state index in [1.165, 1.54) is 10.7 Å². The molecule has 1 aromatic heterocycles. The highest BCUT2D eigenvalue weighted by atomic mass is 16.5. The number of esters is 1. The predicted molar refractivity (Wildman–Crippen MR) is 126 cm³/mol. The van der Waals surface area contributed by atoms with Crippen molar-refractivity contribution in [3.8, 4) is 34.0 Å². The third-order valence-corrected chi connectivity index (χ3v) is 5.89. The molecule has 1 fully saturated rings. The van der Waals surface area contributed by atoms with Gasteiger partial charge in [-0.25, -0.2) is 4.68 Å². The first-order chi connectivity index (χ1) is 16.5. The van der Waals surface area contributed by atoms with Crippen molar-refractivity contribution in [3.63, 3.8) is 0 Å². The van der Waals surface area contributed by atoms with Crippen molar-refractivity contribution < 1.29 is 24.5 Å². The molecule has 2 aromatic carbocycles. The van der Waals surface area contributed by atoms with E-state index in [0.29, 0.717) is 28.9 Å². The number of ether oxygens (including phenoxy) is 2. The van der Waals surface area contributed by atoms with Crippen LogP contribution in [0.4, 0.5) is 0 Å². The van der Waals surface area contributed by atoms with Crippen molar-refractivity contribution in [2.75, 3.05) is 32.9 Å². The molecule has 0 amide bonds. The van der Waals surface area contributed by atoms with Gasteiger partial charge in [-0.1, -0.05) is 36.4 Å². The fraction of sp³-hybridized carbons (Fsp3) is 0.400. The summed E-state index contributed by atoms with van der Waals surface area (Å²) in [7, 11) is 0. The average Bonchev–Trinajstić information content (AvgIpc) is 3.23. The Morgan fingerprint density at radius 3 is 2.50 bits per heavy atom. The van der Waals surface area contributed by atoms with Gasteiger partial charge in [0, 0.05) is 36.8 Å². The van der Waals surface area contributed by atoms with Crippen LogP contribution in [0.25, 0.3) is 22.5 Å². The normalized spacial score (nSPS) is 14.3. The number of morpholine rings is 1.